The van der Waals surface area contributed by atoms with Crippen molar-refractivity contribution in [2.75, 3.05) is 0 Å². The Morgan fingerprint density at radius 3 is 1.24 bits per heavy atom. The van der Waals surface area contributed by atoms with Gasteiger partial charge >= 0.3 is 0 Å². The van der Waals surface area contributed by atoms with Gasteiger partial charge in [0, 0.05) is 16.5 Å². The summed E-state index contributed by atoms with van der Waals surface area (Å²) < 4.78 is 0. The van der Waals surface area contributed by atoms with E-state index in [1.807, 2.05) is 0 Å². The summed E-state index contributed by atoms with van der Waals surface area (Å²) in [7, 11) is 0. The molecular weight excluding hydrogens is 492 g/mol. The maximum atomic E-state index is 5.64. The van der Waals surface area contributed by atoms with Gasteiger partial charge in [-0.05, 0) is 93.7 Å². The highest BCUT2D eigenvalue weighted by molar-refractivity contribution is 5.86. The molecule has 4 aromatic carbocycles. The minimum absolute atomic E-state index is 0.0235. The van der Waals surface area contributed by atoms with Crippen LogP contribution < -0.4 is 0 Å². The second-order valence-corrected chi connectivity index (χ2v) is 11.7. The average molecular weight is 535 g/mol. The van der Waals surface area contributed by atoms with E-state index in [0.717, 1.165) is 11.1 Å². The first-order valence-corrected chi connectivity index (χ1v) is 15.6. The third-order valence-electron chi connectivity index (χ3n) is 9.04. The number of hydrogen-bond donors (Lipinski definition) is 0. The number of hydrogen-bond acceptors (Lipinski definition) is 0. The number of rotatable bonds is 12. The lowest BCUT2D eigenvalue weighted by atomic mass is 9.70. The van der Waals surface area contributed by atoms with Crippen LogP contribution in [0.3, 0.4) is 0 Å². The quantitative estimate of drug-likeness (QED) is 0.125. The van der Waals surface area contributed by atoms with Crippen LogP contribution in [0, 0.1) is 24.7 Å². The summed E-state index contributed by atoms with van der Waals surface area (Å²) in [4.78, 5) is 0. The first-order chi connectivity index (χ1) is 20.1. The molecule has 5 rings (SSSR count). The van der Waals surface area contributed by atoms with Crippen molar-refractivity contribution in [3.05, 3.63) is 107 Å². The highest BCUT2D eigenvalue weighted by Gasteiger charge is 2.42. The van der Waals surface area contributed by atoms with Gasteiger partial charge in [0.15, 0.2) is 0 Å². The molecular formula is C41H42. The molecule has 0 saturated heterocycles. The Labute approximate surface area is 248 Å². The van der Waals surface area contributed by atoms with E-state index < -0.39 is 0 Å². The highest BCUT2D eigenvalue weighted by atomic mass is 14.5. The minimum Gasteiger partial charge on any atom is -0.115 e. The Morgan fingerprint density at radius 1 is 0.488 bits per heavy atom. The zero-order chi connectivity index (χ0) is 28.7. The van der Waals surface area contributed by atoms with Gasteiger partial charge in [0.1, 0.15) is 0 Å². The number of terminal acetylenes is 2. The van der Waals surface area contributed by atoms with Crippen LogP contribution in [-0.4, -0.2) is 0 Å². The number of fused-ring (bicyclic) bond motifs is 3. The average Bonchev–Trinajstić information content (AvgIpc) is 3.30. The SMILES string of the molecule is C#Cc1ccc(-c2ccc3c(c2)C(CCCCCC)(CCCCCC)c2cc(-c4ccc(C#C)cc4)ccc2-3)cc1. The molecule has 41 heavy (non-hydrogen) atoms. The summed E-state index contributed by atoms with van der Waals surface area (Å²) in [6, 6.07) is 31.2. The first-order valence-electron chi connectivity index (χ1n) is 15.6. The topological polar surface area (TPSA) is 0 Å². The van der Waals surface area contributed by atoms with E-state index in [-0.39, 0.29) is 5.41 Å². The van der Waals surface area contributed by atoms with Gasteiger partial charge in [0.05, 0.1) is 0 Å². The summed E-state index contributed by atoms with van der Waals surface area (Å²) in [5.74, 6) is 5.51. The standard InChI is InChI=1S/C41H42/c1-5-9-11-13-27-41(28-14-12-10-6-2)39-29-35(33-19-15-31(7-3)16-20-33)23-25-37(39)38-26-24-36(30-40(38)41)34-21-17-32(8-4)18-22-34/h3-4,15-26,29-30H,5-6,9-14,27-28H2,1-2H3. The van der Waals surface area contributed by atoms with Crippen LogP contribution >= 0.6 is 0 Å². The summed E-state index contributed by atoms with van der Waals surface area (Å²) in [5.41, 5.74) is 12.7. The monoisotopic (exact) mass is 534 g/mol. The maximum Gasteiger partial charge on any atom is 0.0243 e. The minimum atomic E-state index is 0.0235. The summed E-state index contributed by atoms with van der Waals surface area (Å²) in [6.45, 7) is 4.60. The zero-order valence-electron chi connectivity index (χ0n) is 24.8. The fourth-order valence-electron chi connectivity index (χ4n) is 6.74. The van der Waals surface area contributed by atoms with Gasteiger partial charge in [-0.25, -0.2) is 0 Å². The lowest BCUT2D eigenvalue weighted by Crippen LogP contribution is -2.25. The molecule has 0 saturated carbocycles. The van der Waals surface area contributed by atoms with E-state index in [0.29, 0.717) is 0 Å². The first kappa shape index (κ1) is 28.5. The largest absolute Gasteiger partial charge is 0.115 e. The molecule has 0 spiro atoms. The van der Waals surface area contributed by atoms with Gasteiger partial charge in [0.25, 0.3) is 0 Å². The van der Waals surface area contributed by atoms with Crippen LogP contribution in [0.1, 0.15) is 100 Å². The predicted octanol–water partition coefficient (Wildman–Crippen LogP) is 11.2. The molecule has 0 unspecified atom stereocenters. The van der Waals surface area contributed by atoms with Gasteiger partial charge in [-0.15, -0.1) is 12.8 Å². The predicted molar refractivity (Wildman–Crippen MR) is 177 cm³/mol. The molecule has 0 heterocycles. The van der Waals surface area contributed by atoms with E-state index in [1.54, 1.807) is 0 Å². The van der Waals surface area contributed by atoms with E-state index in [9.17, 15) is 0 Å². The van der Waals surface area contributed by atoms with Gasteiger partial charge in [-0.2, -0.15) is 0 Å². The van der Waals surface area contributed by atoms with E-state index in [2.05, 4.69) is 111 Å². The molecule has 0 radical (unpaired) electrons. The van der Waals surface area contributed by atoms with E-state index in [1.165, 1.54) is 109 Å². The summed E-state index contributed by atoms with van der Waals surface area (Å²) in [6.07, 6.45) is 23.9. The second-order valence-electron chi connectivity index (χ2n) is 11.7. The third kappa shape index (κ3) is 5.90. The lowest BCUT2D eigenvalue weighted by molar-refractivity contribution is 0.401. The van der Waals surface area contributed by atoms with Crippen molar-refractivity contribution >= 4 is 0 Å². The Balaban J connectivity index is 1.64. The van der Waals surface area contributed by atoms with Gasteiger partial charge < -0.3 is 0 Å². The van der Waals surface area contributed by atoms with Crippen LogP contribution in [0.5, 0.6) is 0 Å². The Hall–Kier alpha value is -4.00. The molecule has 0 aromatic heterocycles. The lowest BCUT2D eigenvalue weighted by Gasteiger charge is -2.33. The molecule has 1 aliphatic rings. The molecule has 0 atom stereocenters. The number of benzene rings is 4. The van der Waals surface area contributed by atoms with Crippen LogP contribution in [-0.2, 0) is 5.41 Å². The molecule has 1 aliphatic carbocycles. The van der Waals surface area contributed by atoms with Crippen molar-refractivity contribution in [3.8, 4) is 58.1 Å². The van der Waals surface area contributed by atoms with Crippen molar-refractivity contribution < 1.29 is 0 Å². The van der Waals surface area contributed by atoms with Crippen LogP contribution in [0.15, 0.2) is 84.9 Å². The van der Waals surface area contributed by atoms with E-state index >= 15 is 0 Å². The molecule has 0 bridgehead atoms. The molecule has 0 heteroatoms. The molecule has 206 valence electrons. The van der Waals surface area contributed by atoms with Gasteiger partial charge in [0.2, 0.25) is 0 Å². The molecule has 0 nitrogen and oxygen atoms in total. The smallest absolute Gasteiger partial charge is 0.0243 e. The van der Waals surface area contributed by atoms with Crippen molar-refractivity contribution in [2.24, 2.45) is 0 Å². The Morgan fingerprint density at radius 2 is 0.878 bits per heavy atom. The molecule has 0 fully saturated rings. The van der Waals surface area contributed by atoms with Crippen molar-refractivity contribution in [3.63, 3.8) is 0 Å². The molecule has 0 N–H and O–H groups in total. The zero-order valence-corrected chi connectivity index (χ0v) is 24.8. The van der Waals surface area contributed by atoms with Crippen molar-refractivity contribution in [2.45, 2.75) is 83.5 Å². The molecule has 0 amide bonds. The van der Waals surface area contributed by atoms with Gasteiger partial charge in [-0.3, -0.25) is 0 Å². The molecule has 0 aliphatic heterocycles. The van der Waals surface area contributed by atoms with Crippen molar-refractivity contribution in [1.82, 2.24) is 0 Å². The maximum absolute atomic E-state index is 5.64. The van der Waals surface area contributed by atoms with Gasteiger partial charge in [-0.1, -0.05) is 126 Å². The van der Waals surface area contributed by atoms with Crippen LogP contribution in [0.25, 0.3) is 33.4 Å². The number of unbranched alkanes of at least 4 members (excludes halogenated alkanes) is 6. The fraction of sp³-hybridized carbons (Fsp3) is 0.317. The summed E-state index contributed by atoms with van der Waals surface area (Å²) in [5, 5.41) is 0. The van der Waals surface area contributed by atoms with Crippen molar-refractivity contribution in [1.29, 1.82) is 0 Å². The summed E-state index contributed by atoms with van der Waals surface area (Å²) >= 11 is 0. The normalized spacial score (nSPS) is 12.8. The fourth-order valence-corrected chi connectivity index (χ4v) is 6.74. The van der Waals surface area contributed by atoms with Crippen LogP contribution in [0.4, 0.5) is 0 Å². The Bertz CT molecular complexity index is 1430. The highest BCUT2D eigenvalue weighted by Crippen LogP contribution is 2.55. The van der Waals surface area contributed by atoms with E-state index in [4.69, 9.17) is 12.8 Å². The third-order valence-corrected chi connectivity index (χ3v) is 9.04. The Kier molecular flexibility index (Phi) is 9.12. The second kappa shape index (κ2) is 13.1. The molecule has 4 aromatic rings. The van der Waals surface area contributed by atoms with Crippen LogP contribution in [0.2, 0.25) is 0 Å².